The van der Waals surface area contributed by atoms with Crippen molar-refractivity contribution in [2.24, 2.45) is 0 Å². The van der Waals surface area contributed by atoms with Gasteiger partial charge in [-0.1, -0.05) is 38.2 Å². The maximum atomic E-state index is 9.63. The number of epoxide rings is 1. The summed E-state index contributed by atoms with van der Waals surface area (Å²) in [5, 5.41) is 9.63. The minimum absolute atomic E-state index is 0.181. The minimum atomic E-state index is -0.460. The number of rotatable bonds is 1. The molecular weight excluding hydrogens is 234 g/mol. The van der Waals surface area contributed by atoms with Crippen LogP contribution in [0.1, 0.15) is 77.0 Å². The first kappa shape index (κ1) is 13.2. The van der Waals surface area contributed by atoms with Gasteiger partial charge in [0.2, 0.25) is 0 Å². The van der Waals surface area contributed by atoms with Gasteiger partial charge in [-0.05, 0) is 50.5 Å². The topological polar surface area (TPSA) is 36.3 Å². The molecule has 0 aromatic heterocycles. The van der Waals surface area contributed by atoms with Crippen molar-refractivity contribution >= 4 is 0 Å². The number of fused-ring (bicyclic) bond motifs is 1. The number of allylic oxidation sites excluding steroid dienone is 1. The Bertz CT molecular complexity index is 408. The van der Waals surface area contributed by atoms with Crippen molar-refractivity contribution in [2.75, 3.05) is 0 Å². The molecule has 1 heterocycles. The van der Waals surface area contributed by atoms with Crippen LogP contribution in [0, 0.1) is 11.3 Å². The third-order valence-corrected chi connectivity index (χ3v) is 5.26. The van der Waals surface area contributed by atoms with E-state index < -0.39 is 5.60 Å². The fraction of sp³-hybridized carbons (Fsp3) is 0.824. The smallest absolute Gasteiger partial charge is 0.188 e. The monoisotopic (exact) mass is 259 g/mol. The normalized spacial score (nSPS) is 42.4. The second kappa shape index (κ2) is 5.29. The highest BCUT2D eigenvalue weighted by Crippen LogP contribution is 2.60. The van der Waals surface area contributed by atoms with E-state index in [-0.39, 0.29) is 5.60 Å². The van der Waals surface area contributed by atoms with Crippen LogP contribution in [-0.2, 0) is 4.74 Å². The molecular formula is C17H25NO. The maximum Gasteiger partial charge on any atom is 0.188 e. The molecule has 2 unspecified atom stereocenters. The SMILES string of the molecule is N#CC12CCCCCCC1(/C1=C/CCCCCC1)O2. The Hall–Kier alpha value is -0.810. The molecule has 1 saturated heterocycles. The molecule has 1 saturated carbocycles. The third kappa shape index (κ3) is 2.23. The van der Waals surface area contributed by atoms with Gasteiger partial charge in [-0.15, -0.1) is 0 Å². The molecule has 2 heteroatoms. The van der Waals surface area contributed by atoms with Gasteiger partial charge >= 0.3 is 0 Å². The molecule has 0 spiro atoms. The first-order valence-electron chi connectivity index (χ1n) is 8.14. The van der Waals surface area contributed by atoms with Crippen molar-refractivity contribution in [3.05, 3.63) is 11.6 Å². The molecule has 3 rings (SSSR count). The fourth-order valence-electron chi connectivity index (χ4n) is 4.09. The zero-order valence-corrected chi connectivity index (χ0v) is 11.9. The Balaban J connectivity index is 1.85. The molecule has 1 aliphatic heterocycles. The van der Waals surface area contributed by atoms with Crippen LogP contribution in [-0.4, -0.2) is 11.2 Å². The summed E-state index contributed by atoms with van der Waals surface area (Å²) >= 11 is 0. The summed E-state index contributed by atoms with van der Waals surface area (Å²) < 4.78 is 6.17. The van der Waals surface area contributed by atoms with Gasteiger partial charge in [0.05, 0.1) is 0 Å². The molecule has 2 atom stereocenters. The largest absolute Gasteiger partial charge is 0.342 e. The Morgan fingerprint density at radius 1 is 0.947 bits per heavy atom. The molecule has 0 aromatic carbocycles. The minimum Gasteiger partial charge on any atom is -0.342 e. The van der Waals surface area contributed by atoms with Crippen LogP contribution in [0.25, 0.3) is 0 Å². The molecule has 2 aliphatic carbocycles. The predicted octanol–water partition coefficient (Wildman–Crippen LogP) is 4.65. The van der Waals surface area contributed by atoms with Gasteiger partial charge in [-0.25, -0.2) is 0 Å². The zero-order chi connectivity index (χ0) is 13.2. The van der Waals surface area contributed by atoms with Gasteiger partial charge < -0.3 is 4.74 Å². The van der Waals surface area contributed by atoms with E-state index in [1.807, 2.05) is 0 Å². The number of nitrogens with zero attached hydrogens (tertiary/aromatic N) is 1. The summed E-state index contributed by atoms with van der Waals surface area (Å²) in [4.78, 5) is 0. The summed E-state index contributed by atoms with van der Waals surface area (Å²) in [7, 11) is 0. The zero-order valence-electron chi connectivity index (χ0n) is 11.9. The number of hydrogen-bond acceptors (Lipinski definition) is 2. The average Bonchev–Trinajstić information content (AvgIpc) is 2.97. The summed E-state index contributed by atoms with van der Waals surface area (Å²) in [6, 6.07) is 2.53. The summed E-state index contributed by atoms with van der Waals surface area (Å²) in [5.74, 6) is 0. The molecule has 19 heavy (non-hydrogen) atoms. The second-order valence-electron chi connectivity index (χ2n) is 6.46. The van der Waals surface area contributed by atoms with Crippen molar-refractivity contribution in [2.45, 2.75) is 88.3 Å². The second-order valence-corrected chi connectivity index (χ2v) is 6.46. The molecule has 0 radical (unpaired) electrons. The van der Waals surface area contributed by atoms with Crippen molar-refractivity contribution in [1.29, 1.82) is 5.26 Å². The highest BCUT2D eigenvalue weighted by molar-refractivity contribution is 5.40. The summed E-state index contributed by atoms with van der Waals surface area (Å²) in [6.07, 6.45) is 17.0. The van der Waals surface area contributed by atoms with Crippen molar-refractivity contribution in [3.8, 4) is 6.07 Å². The van der Waals surface area contributed by atoms with E-state index >= 15 is 0 Å². The quantitative estimate of drug-likeness (QED) is 0.507. The molecule has 0 amide bonds. The standard InChI is InChI=1S/C17H25NO/c18-14-16-12-8-4-5-9-13-17(16,19-16)15-10-6-2-1-3-7-11-15/h10H,1-9,11-13H2/b15-10+. The lowest BCUT2D eigenvalue weighted by atomic mass is 9.76. The molecule has 0 N–H and O–H groups in total. The van der Waals surface area contributed by atoms with Gasteiger partial charge in [0.1, 0.15) is 11.7 Å². The molecule has 104 valence electrons. The van der Waals surface area contributed by atoms with E-state index in [0.717, 1.165) is 25.7 Å². The highest BCUT2D eigenvalue weighted by atomic mass is 16.6. The molecule has 0 aromatic rings. The third-order valence-electron chi connectivity index (χ3n) is 5.26. The van der Waals surface area contributed by atoms with Crippen LogP contribution in [0.5, 0.6) is 0 Å². The first-order chi connectivity index (χ1) is 9.33. The van der Waals surface area contributed by atoms with Gasteiger partial charge in [0.25, 0.3) is 0 Å². The summed E-state index contributed by atoms with van der Waals surface area (Å²) in [5.41, 5.74) is 0.827. The number of ether oxygens (including phenoxy) is 1. The van der Waals surface area contributed by atoms with Crippen LogP contribution in [0.15, 0.2) is 11.6 Å². The summed E-state index contributed by atoms with van der Waals surface area (Å²) in [6.45, 7) is 0. The lowest BCUT2D eigenvalue weighted by Crippen LogP contribution is -2.29. The van der Waals surface area contributed by atoms with Crippen LogP contribution in [0.3, 0.4) is 0 Å². The Kier molecular flexibility index (Phi) is 3.67. The van der Waals surface area contributed by atoms with E-state index in [0.29, 0.717) is 0 Å². The van der Waals surface area contributed by atoms with Gasteiger partial charge in [0, 0.05) is 0 Å². The number of hydrogen-bond donors (Lipinski definition) is 0. The van der Waals surface area contributed by atoms with Crippen LogP contribution < -0.4 is 0 Å². The Labute approximate surface area is 116 Å². The van der Waals surface area contributed by atoms with E-state index in [2.05, 4.69) is 12.1 Å². The fourth-order valence-corrected chi connectivity index (χ4v) is 4.09. The molecule has 2 nitrogen and oxygen atoms in total. The van der Waals surface area contributed by atoms with Crippen molar-refractivity contribution < 1.29 is 4.74 Å². The van der Waals surface area contributed by atoms with Crippen molar-refractivity contribution in [3.63, 3.8) is 0 Å². The van der Waals surface area contributed by atoms with Gasteiger partial charge in [-0.2, -0.15) is 5.26 Å². The van der Waals surface area contributed by atoms with Gasteiger partial charge in [-0.3, -0.25) is 0 Å². The molecule has 0 bridgehead atoms. The van der Waals surface area contributed by atoms with E-state index in [4.69, 9.17) is 4.74 Å². The van der Waals surface area contributed by atoms with E-state index in [1.54, 1.807) is 0 Å². The van der Waals surface area contributed by atoms with E-state index in [1.165, 1.54) is 56.9 Å². The van der Waals surface area contributed by atoms with Crippen molar-refractivity contribution in [1.82, 2.24) is 0 Å². The lowest BCUT2D eigenvalue weighted by Gasteiger charge is -2.23. The highest BCUT2D eigenvalue weighted by Gasteiger charge is 2.71. The van der Waals surface area contributed by atoms with Crippen LogP contribution >= 0.6 is 0 Å². The van der Waals surface area contributed by atoms with Crippen LogP contribution in [0.4, 0.5) is 0 Å². The maximum absolute atomic E-state index is 9.63. The Morgan fingerprint density at radius 2 is 1.68 bits per heavy atom. The number of nitriles is 1. The van der Waals surface area contributed by atoms with E-state index in [9.17, 15) is 5.26 Å². The van der Waals surface area contributed by atoms with Crippen LogP contribution in [0.2, 0.25) is 0 Å². The Morgan fingerprint density at radius 3 is 2.53 bits per heavy atom. The van der Waals surface area contributed by atoms with Gasteiger partial charge in [0.15, 0.2) is 5.60 Å². The average molecular weight is 259 g/mol. The first-order valence-corrected chi connectivity index (χ1v) is 8.14. The molecule has 2 fully saturated rings. The lowest BCUT2D eigenvalue weighted by molar-refractivity contribution is 0.283. The molecule has 3 aliphatic rings. The predicted molar refractivity (Wildman–Crippen MR) is 75.6 cm³/mol.